The highest BCUT2D eigenvalue weighted by Gasteiger charge is 2.34. The quantitative estimate of drug-likeness (QED) is 0.0297. The third-order valence-electron chi connectivity index (χ3n) is 19.2. The highest BCUT2D eigenvalue weighted by Crippen LogP contribution is 2.37. The molecular weight excluding hydrogens is 1580 g/mol. The molecule has 4 aromatic heterocycles. The molecule has 0 radical (unpaired) electrons. The van der Waals surface area contributed by atoms with E-state index in [2.05, 4.69) is 41.2 Å². The van der Waals surface area contributed by atoms with Gasteiger partial charge in [0.05, 0.1) is 54.1 Å². The van der Waals surface area contributed by atoms with Gasteiger partial charge in [0, 0.05) is 105 Å². The Balaban J connectivity index is 0.000000180. The lowest BCUT2D eigenvalue weighted by Gasteiger charge is -2.23. The monoisotopic (exact) mass is 1670 g/mol. The van der Waals surface area contributed by atoms with Crippen LogP contribution in [0.15, 0.2) is 195 Å². The van der Waals surface area contributed by atoms with Crippen LogP contribution in [0.1, 0.15) is 155 Å². The van der Waals surface area contributed by atoms with E-state index in [1.165, 1.54) is 73.1 Å². The molecule has 6 aromatic carbocycles. The van der Waals surface area contributed by atoms with Crippen LogP contribution in [0.2, 0.25) is 0 Å². The predicted molar refractivity (Wildman–Crippen MR) is 449 cm³/mol. The van der Waals surface area contributed by atoms with Crippen molar-refractivity contribution in [2.45, 2.75) is 89.5 Å². The lowest BCUT2D eigenvalue weighted by Crippen LogP contribution is -2.38. The van der Waals surface area contributed by atoms with Crippen LogP contribution in [0.5, 0.6) is 0 Å². The van der Waals surface area contributed by atoms with Crippen molar-refractivity contribution in [1.82, 2.24) is 46.1 Å². The van der Waals surface area contributed by atoms with Gasteiger partial charge in [0.15, 0.2) is 0 Å². The molecule has 14 rings (SSSR count). The van der Waals surface area contributed by atoms with Crippen LogP contribution in [-0.2, 0) is 28.7 Å². The maximum absolute atomic E-state index is 14.9. The van der Waals surface area contributed by atoms with Crippen LogP contribution in [-0.4, -0.2) is 149 Å². The Bertz CT molecular complexity index is 5740. The third kappa shape index (κ3) is 23.2. The number of imide groups is 1. The molecular formula is C89H90F4N14O15. The average Bonchev–Trinajstić information content (AvgIpc) is 1.73. The second kappa shape index (κ2) is 39.3. The molecule has 8 heterocycles. The van der Waals surface area contributed by atoms with E-state index in [4.69, 9.17) is 53.5 Å². The molecule has 0 bridgehead atoms. The number of hydrogen-bond donors (Lipinski definition) is 13. The maximum atomic E-state index is 14.9. The van der Waals surface area contributed by atoms with E-state index in [0.29, 0.717) is 93.7 Å². The number of aliphatic hydroxyl groups excluding tert-OH is 2. The number of nitrogens with zero attached hydrogens (tertiary/aromatic N) is 5. The van der Waals surface area contributed by atoms with E-state index in [0.717, 1.165) is 44.9 Å². The van der Waals surface area contributed by atoms with Gasteiger partial charge < -0.3 is 79.8 Å². The van der Waals surface area contributed by atoms with Crippen molar-refractivity contribution in [1.29, 1.82) is 0 Å². The molecule has 33 heteroatoms. The second-order valence-electron chi connectivity index (χ2n) is 30.3. The van der Waals surface area contributed by atoms with Crippen molar-refractivity contribution in [2.75, 3.05) is 62.3 Å². The Morgan fingerprint density at radius 2 is 0.902 bits per heavy atom. The normalized spacial score (nSPS) is 15.1. The summed E-state index contributed by atoms with van der Waals surface area (Å²) in [5.74, 6) is -7.21. The molecule has 4 aliphatic rings. The molecule has 0 spiro atoms. The number of carboxylic acid groups (broad SMARTS) is 2. The fraction of sp³-hybridized carbons (Fsp3) is 0.225. The summed E-state index contributed by atoms with van der Waals surface area (Å²) in [6.07, 6.45) is 9.02. The number of esters is 1. The fourth-order valence-electron chi connectivity index (χ4n) is 12.9. The summed E-state index contributed by atoms with van der Waals surface area (Å²) in [5, 5.41) is 46.9. The third-order valence-corrected chi connectivity index (χ3v) is 19.2. The van der Waals surface area contributed by atoms with Crippen LogP contribution in [0.3, 0.4) is 0 Å². The number of pyridine rings is 4. The molecule has 122 heavy (non-hydrogen) atoms. The van der Waals surface area contributed by atoms with Crippen LogP contribution in [0.25, 0.3) is 55.7 Å². The zero-order valence-corrected chi connectivity index (χ0v) is 66.9. The van der Waals surface area contributed by atoms with Gasteiger partial charge in [0.25, 0.3) is 11.8 Å². The van der Waals surface area contributed by atoms with Gasteiger partial charge >= 0.3 is 24.0 Å². The number of carboxylic acids is 2. The van der Waals surface area contributed by atoms with Crippen LogP contribution < -0.4 is 49.9 Å². The SMILES string of the molecule is CC(C)(C)OC(=O)c1ccc(-c2cc(C3=CC(=O)N(C(=O)OC(C)(C)C)C3)cnc2N)cc1F.N[C@H](CO)c1ccccc1.Nc1ncc(C2=CC(=O)NC2)cc1-c1ccc(C(=O)O)c(F)c1.Nc1ncc(C2CNC(=O)C2)cc1-c1ccc(C(=O)N[C@H](CO)c2ccccc2)c(F)c1.Nc1ncc(C2CNC(=O)C2)cc1-c1ccc(C(=O)O)c(F)c1.[HH]. The first-order valence-corrected chi connectivity index (χ1v) is 37.9. The van der Waals surface area contributed by atoms with E-state index < -0.39 is 87.5 Å². The molecule has 6 amide bonds. The van der Waals surface area contributed by atoms with E-state index in [-0.39, 0.29) is 91.2 Å². The van der Waals surface area contributed by atoms with Gasteiger partial charge in [-0.15, -0.1) is 0 Å². The summed E-state index contributed by atoms with van der Waals surface area (Å²) in [7, 11) is 0. The Morgan fingerprint density at radius 3 is 1.28 bits per heavy atom. The number of nitrogens with two attached hydrogens (primary N) is 5. The van der Waals surface area contributed by atoms with Crippen molar-refractivity contribution in [3.63, 3.8) is 0 Å². The van der Waals surface area contributed by atoms with E-state index in [9.17, 15) is 65.8 Å². The lowest BCUT2D eigenvalue weighted by atomic mass is 9.95. The van der Waals surface area contributed by atoms with Crippen LogP contribution >= 0.6 is 0 Å². The molecule has 2 saturated heterocycles. The van der Waals surface area contributed by atoms with Crippen LogP contribution in [0, 0.1) is 23.3 Å². The van der Waals surface area contributed by atoms with Crippen molar-refractivity contribution < 1.29 is 92.0 Å². The standard InChI is InChI=1S/C25H28FN3O5.C24H23FN4O3.C16H14FN3O3.C16H12FN3O3.C8H11NO.H2/c1-24(2,3)33-22(31)17-8-7-14(10-19(17)26)18-9-15(12-28-21(18)27)16-11-20(30)29(13-16)23(32)34-25(4,5)6;25-20-9-15(19-8-16(12-28-23(19)26)17-10-22(31)27-11-17)6-7-18(20)24(32)29-21(13-30)14-4-2-1-3-5-14;2*17-13-4-8(1-2-11(13)16(22)23)12-3-9(7-20-15(12)18)10-5-14(21)19-6-10;9-8(6-10)7-4-2-1-3-5-7;/h7-12H,13H2,1-6H3,(H2,27,28);1-9,12,17,21,30H,10-11,13H2,(H2,26,28)(H,27,31)(H,29,32);1-4,7,10H,5-6H2,(H2,18,20)(H,19,21)(H,22,23);1-5,7H,6H2,(H2,18,20)(H,19,21)(H,22,23);1-5,8,10H,6,9H2;1H/t;17?,21-;;;8-;/m.1..1./s1. The summed E-state index contributed by atoms with van der Waals surface area (Å²) >= 11 is 0. The number of aromatic nitrogens is 4. The maximum Gasteiger partial charge on any atom is 0.417 e. The number of aliphatic hydroxyl groups is 2. The van der Waals surface area contributed by atoms with E-state index in [1.54, 1.807) is 115 Å². The van der Waals surface area contributed by atoms with Crippen molar-refractivity contribution >= 4 is 88.0 Å². The summed E-state index contributed by atoms with van der Waals surface area (Å²) in [6, 6.07) is 40.4. The van der Waals surface area contributed by atoms with Gasteiger partial charge in [-0.3, -0.25) is 24.0 Å². The number of nitrogens with one attached hydrogen (secondary N) is 4. The molecule has 634 valence electrons. The Morgan fingerprint density at radius 1 is 0.500 bits per heavy atom. The highest BCUT2D eigenvalue weighted by molar-refractivity contribution is 6.08. The number of benzene rings is 6. The minimum absolute atomic E-state index is 0. The van der Waals surface area contributed by atoms with Crippen molar-refractivity contribution in [2.24, 2.45) is 5.73 Å². The number of amides is 6. The summed E-state index contributed by atoms with van der Waals surface area (Å²) in [6.45, 7) is 11.3. The zero-order valence-electron chi connectivity index (χ0n) is 66.9. The van der Waals surface area contributed by atoms with Gasteiger partial charge in [-0.05, 0) is 181 Å². The first kappa shape index (κ1) is 89.8. The minimum Gasteiger partial charge on any atom is -0.478 e. The number of anilines is 4. The number of halogens is 4. The Hall–Kier alpha value is -14.6. The number of carbonyl (C=O) groups excluding carboxylic acids is 7. The Labute approximate surface area is 698 Å². The van der Waals surface area contributed by atoms with Crippen molar-refractivity contribution in [3.8, 4) is 44.5 Å². The first-order chi connectivity index (χ1) is 57.8. The molecule has 0 aliphatic carbocycles. The van der Waals surface area contributed by atoms with E-state index >= 15 is 0 Å². The largest absolute Gasteiger partial charge is 0.478 e. The lowest BCUT2D eigenvalue weighted by molar-refractivity contribution is -0.124. The zero-order chi connectivity index (χ0) is 88.6. The molecule has 10 aromatic rings. The summed E-state index contributed by atoms with van der Waals surface area (Å²) in [5.41, 5.74) is 36.2. The first-order valence-electron chi connectivity index (χ1n) is 37.9. The molecule has 4 aliphatic heterocycles. The fourth-order valence-corrected chi connectivity index (χ4v) is 12.9. The predicted octanol–water partition coefficient (Wildman–Crippen LogP) is 11.5. The average molecular weight is 1670 g/mol. The minimum atomic E-state index is -1.34. The molecule has 2 fully saturated rings. The number of aromatic carboxylic acids is 2. The van der Waals surface area contributed by atoms with Gasteiger partial charge in [-0.1, -0.05) is 84.9 Å². The number of carbonyl (C=O) groups is 9. The van der Waals surface area contributed by atoms with Crippen LogP contribution in [0.4, 0.5) is 45.6 Å². The molecule has 4 atom stereocenters. The van der Waals surface area contributed by atoms with E-state index in [1.807, 2.05) is 36.4 Å². The number of rotatable bonds is 17. The molecule has 0 saturated carbocycles. The Kier molecular flexibility index (Phi) is 28.9. The second-order valence-corrected chi connectivity index (χ2v) is 30.3. The van der Waals surface area contributed by atoms with Crippen molar-refractivity contribution in [3.05, 3.63) is 274 Å². The van der Waals surface area contributed by atoms with Gasteiger partial charge in [-0.25, -0.2) is 61.6 Å². The smallest absolute Gasteiger partial charge is 0.417 e. The molecule has 18 N–H and O–H groups in total. The van der Waals surface area contributed by atoms with Gasteiger partial charge in [0.1, 0.15) is 57.7 Å². The topological polar surface area (TPSA) is 486 Å². The van der Waals surface area contributed by atoms with Gasteiger partial charge in [0.2, 0.25) is 17.7 Å². The summed E-state index contributed by atoms with van der Waals surface area (Å²) < 4.78 is 67.9. The number of hydrogen-bond acceptors (Lipinski definition) is 22. The summed E-state index contributed by atoms with van der Waals surface area (Å²) in [4.78, 5) is 123. The highest BCUT2D eigenvalue weighted by atomic mass is 19.1. The molecule has 2 unspecified atom stereocenters. The number of nitrogen functional groups attached to an aromatic ring is 4. The van der Waals surface area contributed by atoms with Gasteiger partial charge in [-0.2, -0.15) is 0 Å². The number of ether oxygens (including phenoxy) is 2. The molecule has 29 nitrogen and oxygen atoms in total.